The van der Waals surface area contributed by atoms with Gasteiger partial charge < -0.3 is 14.8 Å². The van der Waals surface area contributed by atoms with E-state index in [0.717, 1.165) is 36.4 Å². The number of ether oxygens (including phenoxy) is 2. The zero-order valence-electron chi connectivity index (χ0n) is 15.7. The minimum atomic E-state index is -0.0320. The molecule has 2 aromatic carbocycles. The Balaban J connectivity index is 1.63. The van der Waals surface area contributed by atoms with Crippen LogP contribution in [0.2, 0.25) is 5.02 Å². The standard InChI is InChI=1S/C21H25ClN2O3/c1-26-15-9-10-16(20(14-15)27-2)19-8-5-12-24(19)13-11-21(25)23-18-7-4-3-6-17(18)22/h3-4,6-7,9-10,14,19H,5,8,11-13H2,1-2H3,(H,23,25)/t19-/m0/s1. The second-order valence-corrected chi connectivity index (χ2v) is 6.99. The lowest BCUT2D eigenvalue weighted by Crippen LogP contribution is -2.28. The largest absolute Gasteiger partial charge is 0.497 e. The second-order valence-electron chi connectivity index (χ2n) is 6.58. The molecule has 0 aromatic heterocycles. The number of rotatable bonds is 7. The Labute approximate surface area is 165 Å². The molecule has 3 rings (SSSR count). The highest BCUT2D eigenvalue weighted by Crippen LogP contribution is 2.38. The number of benzene rings is 2. The predicted molar refractivity (Wildman–Crippen MR) is 108 cm³/mol. The van der Waals surface area contributed by atoms with E-state index in [-0.39, 0.29) is 11.9 Å². The predicted octanol–water partition coefficient (Wildman–Crippen LogP) is 4.52. The second kappa shape index (κ2) is 9.11. The Morgan fingerprint density at radius 3 is 2.78 bits per heavy atom. The molecule has 144 valence electrons. The highest BCUT2D eigenvalue weighted by molar-refractivity contribution is 6.33. The summed E-state index contributed by atoms with van der Waals surface area (Å²) in [4.78, 5) is 14.7. The van der Waals surface area contributed by atoms with Crippen molar-refractivity contribution in [2.45, 2.75) is 25.3 Å². The van der Waals surface area contributed by atoms with Crippen molar-refractivity contribution in [3.05, 3.63) is 53.1 Å². The highest BCUT2D eigenvalue weighted by atomic mass is 35.5. The molecule has 0 radical (unpaired) electrons. The molecule has 1 heterocycles. The van der Waals surface area contributed by atoms with E-state index < -0.39 is 0 Å². The van der Waals surface area contributed by atoms with E-state index in [1.165, 1.54) is 0 Å². The topological polar surface area (TPSA) is 50.8 Å². The minimum Gasteiger partial charge on any atom is -0.497 e. The van der Waals surface area contributed by atoms with Gasteiger partial charge in [-0.3, -0.25) is 9.69 Å². The summed E-state index contributed by atoms with van der Waals surface area (Å²) in [5.41, 5.74) is 1.79. The van der Waals surface area contributed by atoms with Crippen LogP contribution in [0.5, 0.6) is 11.5 Å². The molecule has 1 amide bonds. The minimum absolute atomic E-state index is 0.0320. The maximum atomic E-state index is 12.3. The van der Waals surface area contributed by atoms with E-state index in [1.54, 1.807) is 26.4 Å². The van der Waals surface area contributed by atoms with Gasteiger partial charge >= 0.3 is 0 Å². The molecule has 0 bridgehead atoms. The first-order valence-corrected chi connectivity index (χ1v) is 9.50. The van der Waals surface area contributed by atoms with Crippen LogP contribution in [0.4, 0.5) is 5.69 Å². The fraction of sp³-hybridized carbons (Fsp3) is 0.381. The summed E-state index contributed by atoms with van der Waals surface area (Å²) >= 11 is 6.11. The van der Waals surface area contributed by atoms with Gasteiger partial charge in [0.2, 0.25) is 5.91 Å². The number of halogens is 1. The normalized spacial score (nSPS) is 16.9. The quantitative estimate of drug-likeness (QED) is 0.757. The van der Waals surface area contributed by atoms with Crippen molar-refractivity contribution < 1.29 is 14.3 Å². The molecule has 2 aromatic rings. The Hall–Kier alpha value is -2.24. The monoisotopic (exact) mass is 388 g/mol. The van der Waals surface area contributed by atoms with E-state index in [0.29, 0.717) is 23.7 Å². The zero-order chi connectivity index (χ0) is 19.2. The first kappa shape index (κ1) is 19.5. The Kier molecular flexibility index (Phi) is 6.58. The SMILES string of the molecule is COc1ccc([C@@H]2CCCN2CCC(=O)Nc2ccccc2Cl)c(OC)c1. The van der Waals surface area contributed by atoms with Gasteiger partial charge in [-0.15, -0.1) is 0 Å². The molecule has 1 fully saturated rings. The third kappa shape index (κ3) is 4.73. The molecule has 6 heteroatoms. The van der Waals surface area contributed by atoms with Crippen LogP contribution < -0.4 is 14.8 Å². The Morgan fingerprint density at radius 1 is 1.22 bits per heavy atom. The van der Waals surface area contributed by atoms with Gasteiger partial charge in [0.1, 0.15) is 11.5 Å². The number of para-hydroxylation sites is 1. The van der Waals surface area contributed by atoms with Crippen molar-refractivity contribution in [2.24, 2.45) is 0 Å². The van der Waals surface area contributed by atoms with Crippen LogP contribution in [-0.4, -0.2) is 38.1 Å². The Bertz CT molecular complexity index is 797. The summed E-state index contributed by atoms with van der Waals surface area (Å²) < 4.78 is 10.9. The van der Waals surface area contributed by atoms with Crippen molar-refractivity contribution in [3.8, 4) is 11.5 Å². The van der Waals surface area contributed by atoms with Gasteiger partial charge in [0.25, 0.3) is 0 Å². The number of carbonyl (C=O) groups is 1. The molecule has 1 N–H and O–H groups in total. The number of anilines is 1. The van der Waals surface area contributed by atoms with Gasteiger partial charge in [-0.25, -0.2) is 0 Å². The van der Waals surface area contributed by atoms with Gasteiger partial charge in [0, 0.05) is 30.6 Å². The molecule has 0 spiro atoms. The van der Waals surface area contributed by atoms with Crippen molar-refractivity contribution >= 4 is 23.2 Å². The van der Waals surface area contributed by atoms with Crippen molar-refractivity contribution in [1.82, 2.24) is 4.90 Å². The number of hydrogen-bond donors (Lipinski definition) is 1. The summed E-state index contributed by atoms with van der Waals surface area (Å²) in [6.45, 7) is 1.66. The zero-order valence-corrected chi connectivity index (χ0v) is 16.5. The van der Waals surface area contributed by atoms with E-state index in [2.05, 4.69) is 16.3 Å². The molecule has 1 aliphatic heterocycles. The molecule has 1 atom stereocenters. The first-order valence-electron chi connectivity index (χ1n) is 9.12. The summed E-state index contributed by atoms with van der Waals surface area (Å²) in [5.74, 6) is 1.57. The smallest absolute Gasteiger partial charge is 0.225 e. The summed E-state index contributed by atoms with van der Waals surface area (Å²) in [7, 11) is 3.32. The van der Waals surface area contributed by atoms with Crippen molar-refractivity contribution in [1.29, 1.82) is 0 Å². The van der Waals surface area contributed by atoms with Crippen molar-refractivity contribution in [2.75, 3.05) is 32.6 Å². The third-order valence-electron chi connectivity index (χ3n) is 4.94. The highest BCUT2D eigenvalue weighted by Gasteiger charge is 2.28. The van der Waals surface area contributed by atoms with Crippen molar-refractivity contribution in [3.63, 3.8) is 0 Å². The Morgan fingerprint density at radius 2 is 2.04 bits per heavy atom. The molecule has 1 saturated heterocycles. The van der Waals surface area contributed by atoms with Crippen LogP contribution in [0.15, 0.2) is 42.5 Å². The van der Waals surface area contributed by atoms with Crippen LogP contribution in [0, 0.1) is 0 Å². The van der Waals surface area contributed by atoms with E-state index in [9.17, 15) is 4.79 Å². The van der Waals surface area contributed by atoms with Crippen LogP contribution >= 0.6 is 11.6 Å². The lowest BCUT2D eigenvalue weighted by molar-refractivity contribution is -0.116. The molecule has 5 nitrogen and oxygen atoms in total. The van der Waals surface area contributed by atoms with Gasteiger partial charge in [-0.05, 0) is 37.6 Å². The van der Waals surface area contributed by atoms with Gasteiger partial charge in [-0.2, -0.15) is 0 Å². The molecular formula is C21H25ClN2O3. The number of nitrogens with zero attached hydrogens (tertiary/aromatic N) is 1. The lowest BCUT2D eigenvalue weighted by Gasteiger charge is -2.26. The van der Waals surface area contributed by atoms with Gasteiger partial charge in [0.05, 0.1) is 24.9 Å². The van der Waals surface area contributed by atoms with Crippen LogP contribution in [0.1, 0.15) is 30.9 Å². The number of nitrogens with one attached hydrogen (secondary N) is 1. The molecular weight excluding hydrogens is 364 g/mol. The van der Waals surface area contributed by atoms with Gasteiger partial charge in [-0.1, -0.05) is 29.8 Å². The number of hydrogen-bond acceptors (Lipinski definition) is 4. The molecule has 0 saturated carbocycles. The van der Waals surface area contributed by atoms with E-state index in [1.807, 2.05) is 24.3 Å². The molecule has 0 unspecified atom stereocenters. The fourth-order valence-corrected chi connectivity index (χ4v) is 3.74. The molecule has 27 heavy (non-hydrogen) atoms. The average Bonchev–Trinajstić information content (AvgIpc) is 3.16. The maximum absolute atomic E-state index is 12.3. The lowest BCUT2D eigenvalue weighted by atomic mass is 10.0. The fourth-order valence-electron chi connectivity index (χ4n) is 3.56. The molecule has 0 aliphatic carbocycles. The first-order chi connectivity index (χ1) is 13.1. The van der Waals surface area contributed by atoms with Crippen LogP contribution in [0.25, 0.3) is 0 Å². The summed E-state index contributed by atoms with van der Waals surface area (Å²) in [5, 5.41) is 3.44. The number of methoxy groups -OCH3 is 2. The van der Waals surface area contributed by atoms with E-state index in [4.69, 9.17) is 21.1 Å². The summed E-state index contributed by atoms with van der Waals surface area (Å²) in [6, 6.07) is 13.5. The van der Waals surface area contributed by atoms with Crippen LogP contribution in [-0.2, 0) is 4.79 Å². The third-order valence-corrected chi connectivity index (χ3v) is 5.27. The summed E-state index contributed by atoms with van der Waals surface area (Å²) in [6.07, 6.45) is 2.57. The van der Waals surface area contributed by atoms with E-state index >= 15 is 0 Å². The number of amides is 1. The molecule has 1 aliphatic rings. The average molecular weight is 389 g/mol. The number of carbonyl (C=O) groups excluding carboxylic acids is 1. The number of likely N-dealkylation sites (tertiary alicyclic amines) is 1. The van der Waals surface area contributed by atoms with Gasteiger partial charge in [0.15, 0.2) is 0 Å². The maximum Gasteiger partial charge on any atom is 0.225 e. The van der Waals surface area contributed by atoms with Crippen LogP contribution in [0.3, 0.4) is 0 Å².